The Kier molecular flexibility index (Phi) is 4.22. The topological polar surface area (TPSA) is 46.2 Å². The van der Waals surface area contributed by atoms with Crippen LogP contribution in [0.4, 0.5) is 0 Å². The van der Waals surface area contributed by atoms with Crippen molar-refractivity contribution in [3.05, 3.63) is 22.4 Å². The molecule has 96 valence electrons. The van der Waals surface area contributed by atoms with Gasteiger partial charge in [-0.05, 0) is 54.6 Å². The molecule has 0 unspecified atom stereocenters. The van der Waals surface area contributed by atoms with E-state index in [1.54, 1.807) is 11.3 Å². The Morgan fingerprint density at radius 1 is 1.47 bits per heavy atom. The standard InChI is InChI=1S/C12H19NO2S2/c1-10(12-2-5-16-9-12)13-8-11-3-6-17(14,15)7-4-11/h2,5,9-11,13H,3-4,6-8H2,1H3/t10-/m0/s1. The smallest absolute Gasteiger partial charge is 0.150 e. The van der Waals surface area contributed by atoms with E-state index in [2.05, 4.69) is 29.1 Å². The molecule has 1 aromatic heterocycles. The Hall–Kier alpha value is -0.390. The number of sulfone groups is 1. The second-order valence-electron chi connectivity index (χ2n) is 4.78. The molecule has 0 amide bonds. The van der Waals surface area contributed by atoms with Crippen LogP contribution < -0.4 is 5.32 Å². The van der Waals surface area contributed by atoms with Crippen LogP contribution in [0.5, 0.6) is 0 Å². The first-order valence-corrected chi connectivity index (χ1v) is 8.79. The number of nitrogens with one attached hydrogen (secondary N) is 1. The van der Waals surface area contributed by atoms with E-state index < -0.39 is 9.84 Å². The van der Waals surface area contributed by atoms with Crippen molar-refractivity contribution in [2.75, 3.05) is 18.1 Å². The summed E-state index contributed by atoms with van der Waals surface area (Å²) in [6, 6.07) is 2.49. The van der Waals surface area contributed by atoms with Gasteiger partial charge in [0.1, 0.15) is 9.84 Å². The van der Waals surface area contributed by atoms with Gasteiger partial charge in [-0.15, -0.1) is 0 Å². The Labute approximate surface area is 107 Å². The zero-order valence-corrected chi connectivity index (χ0v) is 11.7. The molecule has 1 fully saturated rings. The number of hydrogen-bond donors (Lipinski definition) is 1. The molecule has 1 aromatic rings. The molecule has 0 saturated carbocycles. The fourth-order valence-electron chi connectivity index (χ4n) is 2.13. The molecule has 0 aliphatic carbocycles. The highest BCUT2D eigenvalue weighted by molar-refractivity contribution is 7.91. The first kappa shape index (κ1) is 13.1. The van der Waals surface area contributed by atoms with Crippen LogP contribution in [0.15, 0.2) is 16.8 Å². The average molecular weight is 273 g/mol. The van der Waals surface area contributed by atoms with Gasteiger partial charge in [0.15, 0.2) is 0 Å². The molecule has 0 radical (unpaired) electrons. The lowest BCUT2D eigenvalue weighted by Gasteiger charge is -2.24. The third-order valence-corrected chi connectivity index (χ3v) is 5.85. The Bertz CT molecular complexity index is 425. The van der Waals surface area contributed by atoms with E-state index >= 15 is 0 Å². The predicted octanol–water partition coefficient (Wildman–Crippen LogP) is 2.22. The first-order chi connectivity index (χ1) is 8.07. The Morgan fingerprint density at radius 3 is 2.76 bits per heavy atom. The van der Waals surface area contributed by atoms with Gasteiger partial charge >= 0.3 is 0 Å². The normalized spacial score (nSPS) is 22.4. The molecule has 1 atom stereocenters. The third kappa shape index (κ3) is 3.79. The van der Waals surface area contributed by atoms with Crippen molar-refractivity contribution >= 4 is 21.2 Å². The van der Waals surface area contributed by atoms with Crippen molar-refractivity contribution in [3.8, 4) is 0 Å². The van der Waals surface area contributed by atoms with Crippen LogP contribution in [0.3, 0.4) is 0 Å². The zero-order valence-electron chi connectivity index (χ0n) is 10.1. The molecule has 5 heteroatoms. The average Bonchev–Trinajstić information content (AvgIpc) is 2.80. The van der Waals surface area contributed by atoms with Gasteiger partial charge in [-0.3, -0.25) is 0 Å². The highest BCUT2D eigenvalue weighted by atomic mass is 32.2. The Morgan fingerprint density at radius 2 is 2.18 bits per heavy atom. The second kappa shape index (κ2) is 5.50. The third-order valence-electron chi connectivity index (χ3n) is 3.43. The molecular formula is C12H19NO2S2. The quantitative estimate of drug-likeness (QED) is 0.915. The van der Waals surface area contributed by atoms with E-state index in [0.717, 1.165) is 19.4 Å². The van der Waals surface area contributed by atoms with Gasteiger partial charge in [0.2, 0.25) is 0 Å². The molecule has 2 heterocycles. The lowest BCUT2D eigenvalue weighted by Crippen LogP contribution is -2.32. The minimum Gasteiger partial charge on any atom is -0.310 e. The van der Waals surface area contributed by atoms with Gasteiger partial charge in [0, 0.05) is 6.04 Å². The van der Waals surface area contributed by atoms with E-state index in [4.69, 9.17) is 0 Å². The monoisotopic (exact) mass is 273 g/mol. The lowest BCUT2D eigenvalue weighted by atomic mass is 10.0. The van der Waals surface area contributed by atoms with Gasteiger partial charge in [0.25, 0.3) is 0 Å². The number of thiophene rings is 1. The first-order valence-electron chi connectivity index (χ1n) is 6.03. The predicted molar refractivity (Wildman–Crippen MR) is 72.1 cm³/mol. The van der Waals surface area contributed by atoms with Crippen molar-refractivity contribution < 1.29 is 8.42 Å². The largest absolute Gasteiger partial charge is 0.310 e. The maximum Gasteiger partial charge on any atom is 0.150 e. The summed E-state index contributed by atoms with van der Waals surface area (Å²) in [5, 5.41) is 7.73. The molecule has 0 bridgehead atoms. The van der Waals surface area contributed by atoms with Crippen molar-refractivity contribution in [1.82, 2.24) is 5.32 Å². The highest BCUT2D eigenvalue weighted by Crippen LogP contribution is 2.20. The summed E-state index contributed by atoms with van der Waals surface area (Å²) in [7, 11) is -2.72. The summed E-state index contributed by atoms with van der Waals surface area (Å²) < 4.78 is 22.6. The van der Waals surface area contributed by atoms with Crippen molar-refractivity contribution in [1.29, 1.82) is 0 Å². The number of rotatable bonds is 4. The molecule has 1 aliphatic rings. The van der Waals surface area contributed by atoms with Crippen LogP contribution in [0.1, 0.15) is 31.4 Å². The van der Waals surface area contributed by atoms with Crippen LogP contribution in [0, 0.1) is 5.92 Å². The second-order valence-corrected chi connectivity index (χ2v) is 7.87. The molecule has 17 heavy (non-hydrogen) atoms. The summed E-state index contributed by atoms with van der Waals surface area (Å²) in [4.78, 5) is 0. The van der Waals surface area contributed by atoms with Gasteiger partial charge in [-0.2, -0.15) is 11.3 Å². The molecule has 1 N–H and O–H groups in total. The van der Waals surface area contributed by atoms with E-state index in [1.165, 1.54) is 5.56 Å². The zero-order chi connectivity index (χ0) is 12.3. The maximum absolute atomic E-state index is 11.3. The van der Waals surface area contributed by atoms with Crippen LogP contribution in [-0.4, -0.2) is 26.5 Å². The van der Waals surface area contributed by atoms with E-state index in [-0.39, 0.29) is 0 Å². The molecule has 1 aliphatic heterocycles. The lowest BCUT2D eigenvalue weighted by molar-refractivity contribution is 0.410. The summed E-state index contributed by atoms with van der Waals surface area (Å²) >= 11 is 1.71. The Balaban J connectivity index is 1.76. The minimum absolute atomic E-state index is 0.361. The molecule has 1 saturated heterocycles. The van der Waals surface area contributed by atoms with E-state index in [1.807, 2.05) is 0 Å². The van der Waals surface area contributed by atoms with Gasteiger partial charge in [-0.1, -0.05) is 0 Å². The SMILES string of the molecule is C[C@H](NCC1CCS(=O)(=O)CC1)c1ccsc1. The molecule has 3 nitrogen and oxygen atoms in total. The van der Waals surface area contributed by atoms with Crippen LogP contribution in [0.2, 0.25) is 0 Å². The van der Waals surface area contributed by atoms with Gasteiger partial charge in [0.05, 0.1) is 11.5 Å². The molecule has 0 aromatic carbocycles. The number of hydrogen-bond acceptors (Lipinski definition) is 4. The summed E-state index contributed by atoms with van der Waals surface area (Å²) in [5.41, 5.74) is 1.32. The molecular weight excluding hydrogens is 254 g/mol. The van der Waals surface area contributed by atoms with Crippen LogP contribution >= 0.6 is 11.3 Å². The maximum atomic E-state index is 11.3. The summed E-state index contributed by atoms with van der Waals surface area (Å²) in [5.74, 6) is 1.25. The van der Waals surface area contributed by atoms with E-state index in [9.17, 15) is 8.42 Å². The molecule has 2 rings (SSSR count). The minimum atomic E-state index is -2.72. The fraction of sp³-hybridized carbons (Fsp3) is 0.667. The highest BCUT2D eigenvalue weighted by Gasteiger charge is 2.23. The van der Waals surface area contributed by atoms with Gasteiger partial charge < -0.3 is 5.32 Å². The molecule has 0 spiro atoms. The summed E-state index contributed by atoms with van der Waals surface area (Å²) in [6.45, 7) is 3.08. The van der Waals surface area contributed by atoms with Crippen LogP contribution in [0.25, 0.3) is 0 Å². The van der Waals surface area contributed by atoms with Crippen LogP contribution in [-0.2, 0) is 9.84 Å². The summed E-state index contributed by atoms with van der Waals surface area (Å²) in [6.07, 6.45) is 1.62. The van der Waals surface area contributed by atoms with Gasteiger partial charge in [-0.25, -0.2) is 8.42 Å². The van der Waals surface area contributed by atoms with E-state index in [0.29, 0.717) is 23.5 Å². The van der Waals surface area contributed by atoms with Crippen molar-refractivity contribution in [2.24, 2.45) is 5.92 Å². The fourth-order valence-corrected chi connectivity index (χ4v) is 4.47. The van der Waals surface area contributed by atoms with Crippen molar-refractivity contribution in [3.63, 3.8) is 0 Å². The van der Waals surface area contributed by atoms with Crippen molar-refractivity contribution in [2.45, 2.75) is 25.8 Å².